The van der Waals surface area contributed by atoms with Gasteiger partial charge in [0, 0.05) is 29.6 Å². The summed E-state index contributed by atoms with van der Waals surface area (Å²) in [5.74, 6) is -0.262. The molecule has 2 aromatic rings. The number of ketones is 2. The number of hydrogen-bond acceptors (Lipinski definition) is 2. The van der Waals surface area contributed by atoms with E-state index >= 15 is 0 Å². The van der Waals surface area contributed by atoms with Gasteiger partial charge in [-0.2, -0.15) is 0 Å². The van der Waals surface area contributed by atoms with Crippen LogP contribution in [0, 0.1) is 0 Å². The van der Waals surface area contributed by atoms with Gasteiger partial charge < -0.3 is 4.57 Å². The van der Waals surface area contributed by atoms with Crippen molar-refractivity contribution in [1.82, 2.24) is 4.57 Å². The molecular formula is C20H25NO2. The average Bonchev–Trinajstić information content (AvgIpc) is 2.96. The van der Waals surface area contributed by atoms with Crippen LogP contribution in [-0.2, 0) is 5.41 Å². The van der Waals surface area contributed by atoms with Gasteiger partial charge in [0.1, 0.15) is 0 Å². The minimum atomic E-state index is -0.132. The van der Waals surface area contributed by atoms with E-state index in [2.05, 4.69) is 34.6 Å². The van der Waals surface area contributed by atoms with Gasteiger partial charge >= 0.3 is 0 Å². The van der Waals surface area contributed by atoms with Crippen molar-refractivity contribution < 1.29 is 9.59 Å². The van der Waals surface area contributed by atoms with E-state index in [4.69, 9.17) is 0 Å². The Morgan fingerprint density at radius 2 is 1.52 bits per heavy atom. The third-order valence-electron chi connectivity index (χ3n) is 4.03. The SMILES string of the molecule is CC(C)n1ccc(C(=O)CC(=O)c2ccc(C(C)(C)C)cc2)c1. The Morgan fingerprint density at radius 3 is 2.00 bits per heavy atom. The molecule has 1 aromatic heterocycles. The van der Waals surface area contributed by atoms with E-state index in [0.717, 1.165) is 0 Å². The molecule has 0 unspecified atom stereocenters. The van der Waals surface area contributed by atoms with Crippen LogP contribution in [-0.4, -0.2) is 16.1 Å². The molecule has 0 aliphatic carbocycles. The molecule has 3 heteroatoms. The Morgan fingerprint density at radius 1 is 0.957 bits per heavy atom. The largest absolute Gasteiger partial charge is 0.351 e. The molecule has 23 heavy (non-hydrogen) atoms. The average molecular weight is 311 g/mol. The van der Waals surface area contributed by atoms with Gasteiger partial charge in [0.05, 0.1) is 6.42 Å². The summed E-state index contributed by atoms with van der Waals surface area (Å²) in [6.07, 6.45) is 3.60. The maximum Gasteiger partial charge on any atom is 0.172 e. The van der Waals surface area contributed by atoms with Crippen molar-refractivity contribution in [3.05, 3.63) is 59.4 Å². The lowest BCUT2D eigenvalue weighted by Gasteiger charge is -2.18. The Hall–Kier alpha value is -2.16. The van der Waals surface area contributed by atoms with Crippen LogP contribution in [0.1, 0.15) is 73.4 Å². The van der Waals surface area contributed by atoms with Crippen molar-refractivity contribution >= 4 is 11.6 Å². The Kier molecular flexibility index (Phi) is 4.88. The fourth-order valence-electron chi connectivity index (χ4n) is 2.41. The summed E-state index contributed by atoms with van der Waals surface area (Å²) >= 11 is 0. The summed E-state index contributed by atoms with van der Waals surface area (Å²) in [6, 6.07) is 9.64. The van der Waals surface area contributed by atoms with E-state index in [9.17, 15) is 9.59 Å². The predicted molar refractivity (Wildman–Crippen MR) is 93.2 cm³/mol. The number of carbonyl (C=O) groups is 2. The summed E-state index contributed by atoms with van der Waals surface area (Å²) in [7, 11) is 0. The van der Waals surface area contributed by atoms with Crippen molar-refractivity contribution in [3.8, 4) is 0 Å². The van der Waals surface area contributed by atoms with Crippen molar-refractivity contribution in [3.63, 3.8) is 0 Å². The van der Waals surface area contributed by atoms with E-state index in [1.807, 2.05) is 41.2 Å². The van der Waals surface area contributed by atoms with Gasteiger partial charge in [-0.25, -0.2) is 0 Å². The summed E-state index contributed by atoms with van der Waals surface area (Å²) in [5.41, 5.74) is 2.42. The zero-order valence-corrected chi connectivity index (χ0v) is 14.6. The van der Waals surface area contributed by atoms with Crippen LogP contribution >= 0.6 is 0 Å². The lowest BCUT2D eigenvalue weighted by atomic mass is 9.86. The molecule has 0 amide bonds. The van der Waals surface area contributed by atoms with Crippen molar-refractivity contribution in [2.75, 3.05) is 0 Å². The summed E-state index contributed by atoms with van der Waals surface area (Å²) in [6.45, 7) is 10.5. The summed E-state index contributed by atoms with van der Waals surface area (Å²) in [4.78, 5) is 24.6. The first-order chi connectivity index (χ1) is 10.7. The third-order valence-corrected chi connectivity index (χ3v) is 4.03. The highest BCUT2D eigenvalue weighted by Gasteiger charge is 2.17. The number of carbonyl (C=O) groups excluding carboxylic acids is 2. The van der Waals surface area contributed by atoms with Crippen LogP contribution in [0.25, 0.3) is 0 Å². The van der Waals surface area contributed by atoms with Crippen molar-refractivity contribution in [2.24, 2.45) is 0 Å². The first-order valence-electron chi connectivity index (χ1n) is 8.03. The molecule has 0 radical (unpaired) electrons. The van der Waals surface area contributed by atoms with Crippen LogP contribution < -0.4 is 0 Å². The standard InChI is InChI=1S/C20H25NO2/c1-14(2)21-11-10-16(13-21)19(23)12-18(22)15-6-8-17(9-7-15)20(3,4)5/h6-11,13-14H,12H2,1-5H3. The number of rotatable bonds is 5. The second kappa shape index (κ2) is 6.53. The summed E-state index contributed by atoms with van der Waals surface area (Å²) < 4.78 is 1.97. The van der Waals surface area contributed by atoms with Crippen LogP contribution in [0.4, 0.5) is 0 Å². The van der Waals surface area contributed by atoms with Crippen molar-refractivity contribution in [1.29, 1.82) is 0 Å². The molecule has 0 aliphatic heterocycles. The molecule has 1 heterocycles. The lowest BCUT2D eigenvalue weighted by molar-refractivity contribution is 0.0894. The molecule has 0 fully saturated rings. The number of benzene rings is 1. The molecule has 0 aliphatic rings. The Bertz CT molecular complexity index is 700. The van der Waals surface area contributed by atoms with E-state index in [1.165, 1.54) is 5.56 Å². The van der Waals surface area contributed by atoms with Gasteiger partial charge in [0.25, 0.3) is 0 Å². The zero-order valence-electron chi connectivity index (χ0n) is 14.6. The van der Waals surface area contributed by atoms with Crippen LogP contribution in [0.15, 0.2) is 42.7 Å². The minimum absolute atomic E-state index is 0.0527. The molecule has 2 rings (SSSR count). The van der Waals surface area contributed by atoms with Gasteiger partial charge in [-0.3, -0.25) is 9.59 Å². The van der Waals surface area contributed by atoms with Gasteiger partial charge in [0.15, 0.2) is 11.6 Å². The first-order valence-corrected chi connectivity index (χ1v) is 8.03. The minimum Gasteiger partial charge on any atom is -0.351 e. The number of Topliss-reactive ketones (excluding diaryl/α,β-unsaturated/α-hetero) is 2. The highest BCUT2D eigenvalue weighted by atomic mass is 16.1. The fraction of sp³-hybridized carbons (Fsp3) is 0.400. The van der Waals surface area contributed by atoms with Gasteiger partial charge in [0.2, 0.25) is 0 Å². The monoisotopic (exact) mass is 311 g/mol. The molecule has 3 nitrogen and oxygen atoms in total. The normalized spacial score (nSPS) is 11.7. The van der Waals surface area contributed by atoms with E-state index in [0.29, 0.717) is 17.2 Å². The molecule has 0 N–H and O–H groups in total. The highest BCUT2D eigenvalue weighted by molar-refractivity contribution is 6.13. The lowest BCUT2D eigenvalue weighted by Crippen LogP contribution is -2.12. The number of aromatic nitrogens is 1. The van der Waals surface area contributed by atoms with E-state index in [1.54, 1.807) is 6.07 Å². The molecule has 0 atom stereocenters. The molecule has 0 saturated heterocycles. The molecule has 0 spiro atoms. The molecule has 0 saturated carbocycles. The second-order valence-corrected chi connectivity index (χ2v) is 7.29. The van der Waals surface area contributed by atoms with Crippen LogP contribution in [0.3, 0.4) is 0 Å². The fourth-order valence-corrected chi connectivity index (χ4v) is 2.41. The third kappa shape index (κ3) is 4.19. The quantitative estimate of drug-likeness (QED) is 0.586. The topological polar surface area (TPSA) is 39.1 Å². The first kappa shape index (κ1) is 17.2. The van der Waals surface area contributed by atoms with Crippen LogP contribution in [0.5, 0.6) is 0 Å². The Balaban J connectivity index is 2.07. The Labute approximate surface area is 138 Å². The van der Waals surface area contributed by atoms with Gasteiger partial charge in [-0.15, -0.1) is 0 Å². The molecule has 122 valence electrons. The van der Waals surface area contributed by atoms with E-state index < -0.39 is 0 Å². The van der Waals surface area contributed by atoms with Crippen LogP contribution in [0.2, 0.25) is 0 Å². The van der Waals surface area contributed by atoms with Crippen molar-refractivity contribution in [2.45, 2.75) is 52.5 Å². The predicted octanol–water partition coefficient (Wildman–Crippen LogP) is 4.82. The maximum absolute atomic E-state index is 12.3. The summed E-state index contributed by atoms with van der Waals surface area (Å²) in [5, 5.41) is 0. The zero-order chi connectivity index (χ0) is 17.2. The molecule has 1 aromatic carbocycles. The van der Waals surface area contributed by atoms with Gasteiger partial charge in [-0.05, 0) is 30.9 Å². The molecular weight excluding hydrogens is 286 g/mol. The smallest absolute Gasteiger partial charge is 0.172 e. The van der Waals surface area contributed by atoms with Gasteiger partial charge in [-0.1, -0.05) is 45.0 Å². The number of hydrogen-bond donors (Lipinski definition) is 0. The maximum atomic E-state index is 12.3. The van der Waals surface area contributed by atoms with E-state index in [-0.39, 0.29) is 23.4 Å². The number of nitrogens with zero attached hydrogens (tertiary/aromatic N) is 1. The highest BCUT2D eigenvalue weighted by Crippen LogP contribution is 2.22. The molecule has 0 bridgehead atoms. The second-order valence-electron chi connectivity index (χ2n) is 7.29.